The van der Waals surface area contributed by atoms with E-state index in [1.54, 1.807) is 0 Å². The van der Waals surface area contributed by atoms with E-state index < -0.39 is 0 Å². The van der Waals surface area contributed by atoms with Crippen molar-refractivity contribution in [1.82, 2.24) is 5.32 Å². The van der Waals surface area contributed by atoms with Gasteiger partial charge < -0.3 is 5.32 Å². The fraction of sp³-hybridized carbons (Fsp3) is 0.235. The molecule has 2 aromatic rings. The summed E-state index contributed by atoms with van der Waals surface area (Å²) in [5.41, 5.74) is 2.49. The first-order valence-electron chi connectivity index (χ1n) is 6.64. The maximum absolute atomic E-state index is 8.94. The smallest absolute Gasteiger partial charge is 0.0672 e. The highest BCUT2D eigenvalue weighted by Gasteiger charge is 2.38. The minimum Gasteiger partial charge on any atom is -0.302 e. The van der Waals surface area contributed by atoms with Crippen LogP contribution < -0.4 is 5.32 Å². The Morgan fingerprint density at radius 1 is 0.947 bits per heavy atom. The summed E-state index contributed by atoms with van der Waals surface area (Å²) in [6.07, 6.45) is 0.965. The van der Waals surface area contributed by atoms with E-state index in [2.05, 4.69) is 59.9 Å². The van der Waals surface area contributed by atoms with Gasteiger partial charge in [-0.1, -0.05) is 60.7 Å². The lowest BCUT2D eigenvalue weighted by molar-refractivity contribution is 0.589. The number of nitriles is 1. The second-order valence-electron chi connectivity index (χ2n) is 5.00. The average Bonchev–Trinajstić information content (AvgIpc) is 3.25. The van der Waals surface area contributed by atoms with Crippen LogP contribution in [-0.4, -0.2) is 6.04 Å². The van der Waals surface area contributed by atoms with Gasteiger partial charge in [-0.25, -0.2) is 0 Å². The van der Waals surface area contributed by atoms with Crippen molar-refractivity contribution in [3.63, 3.8) is 0 Å². The Balaban J connectivity index is 1.86. The van der Waals surface area contributed by atoms with Crippen molar-refractivity contribution in [1.29, 1.82) is 5.26 Å². The lowest BCUT2D eigenvalue weighted by Gasteiger charge is -2.19. The van der Waals surface area contributed by atoms with Crippen molar-refractivity contribution in [2.75, 3.05) is 0 Å². The highest BCUT2D eigenvalue weighted by Crippen LogP contribution is 2.33. The topological polar surface area (TPSA) is 35.8 Å². The van der Waals surface area contributed by atoms with Crippen LogP contribution in [0.25, 0.3) is 0 Å². The summed E-state index contributed by atoms with van der Waals surface area (Å²) in [5, 5.41) is 12.5. The summed E-state index contributed by atoms with van der Waals surface area (Å²) in [7, 11) is 0. The fourth-order valence-electron chi connectivity index (χ4n) is 2.41. The van der Waals surface area contributed by atoms with Gasteiger partial charge in [0.1, 0.15) is 0 Å². The van der Waals surface area contributed by atoms with E-state index in [-0.39, 0.29) is 12.0 Å². The third-order valence-electron chi connectivity index (χ3n) is 3.60. The highest BCUT2D eigenvalue weighted by molar-refractivity contribution is 5.32. The molecule has 1 saturated carbocycles. The monoisotopic (exact) mass is 248 g/mol. The van der Waals surface area contributed by atoms with Gasteiger partial charge in [0.2, 0.25) is 0 Å². The number of nitrogens with zero attached hydrogens (tertiary/aromatic N) is 1. The molecule has 1 fully saturated rings. The molecule has 2 atom stereocenters. The zero-order valence-corrected chi connectivity index (χ0v) is 10.7. The number of benzene rings is 2. The summed E-state index contributed by atoms with van der Waals surface area (Å²) in [6, 6.07) is 23.7. The minimum absolute atomic E-state index is 0.172. The van der Waals surface area contributed by atoms with E-state index in [0.717, 1.165) is 6.42 Å². The van der Waals surface area contributed by atoms with Crippen molar-refractivity contribution in [2.45, 2.75) is 18.5 Å². The quantitative estimate of drug-likeness (QED) is 0.901. The third kappa shape index (κ3) is 2.67. The summed E-state index contributed by atoms with van der Waals surface area (Å²) < 4.78 is 0. The van der Waals surface area contributed by atoms with Crippen LogP contribution in [0.4, 0.5) is 0 Å². The van der Waals surface area contributed by atoms with Crippen LogP contribution in [0.3, 0.4) is 0 Å². The lowest BCUT2D eigenvalue weighted by Crippen LogP contribution is -2.25. The van der Waals surface area contributed by atoms with Crippen molar-refractivity contribution >= 4 is 0 Å². The molecule has 2 heteroatoms. The first-order valence-corrected chi connectivity index (χ1v) is 6.64. The Kier molecular flexibility index (Phi) is 3.31. The van der Waals surface area contributed by atoms with Crippen LogP contribution in [0.15, 0.2) is 60.7 Å². The van der Waals surface area contributed by atoms with Crippen molar-refractivity contribution in [3.05, 3.63) is 71.8 Å². The molecule has 1 aliphatic rings. The molecule has 2 nitrogen and oxygen atoms in total. The summed E-state index contributed by atoms with van der Waals surface area (Å²) in [4.78, 5) is 0. The molecule has 0 heterocycles. The van der Waals surface area contributed by atoms with Crippen LogP contribution in [-0.2, 0) is 0 Å². The maximum atomic E-state index is 8.94. The van der Waals surface area contributed by atoms with Gasteiger partial charge in [-0.05, 0) is 17.5 Å². The largest absolute Gasteiger partial charge is 0.302 e. The number of nitrogens with one attached hydrogen (secondary N) is 1. The Morgan fingerprint density at radius 2 is 1.47 bits per heavy atom. The van der Waals surface area contributed by atoms with E-state index in [1.165, 1.54) is 11.1 Å². The van der Waals surface area contributed by atoms with Crippen LogP contribution in [0.5, 0.6) is 0 Å². The second kappa shape index (κ2) is 5.26. The van der Waals surface area contributed by atoms with Crippen LogP contribution in [0.1, 0.15) is 23.6 Å². The number of hydrogen-bond donors (Lipinski definition) is 1. The third-order valence-corrected chi connectivity index (χ3v) is 3.60. The van der Waals surface area contributed by atoms with Gasteiger partial charge in [0, 0.05) is 6.04 Å². The molecule has 94 valence electrons. The first kappa shape index (κ1) is 12.0. The predicted molar refractivity (Wildman–Crippen MR) is 75.4 cm³/mol. The summed E-state index contributed by atoms with van der Waals surface area (Å²) >= 11 is 0. The van der Waals surface area contributed by atoms with Gasteiger partial charge in [-0.3, -0.25) is 0 Å². The molecule has 0 aromatic heterocycles. The Bertz CT molecular complexity index is 532. The molecule has 1 aliphatic carbocycles. The molecule has 0 aliphatic heterocycles. The molecule has 19 heavy (non-hydrogen) atoms. The molecule has 2 aromatic carbocycles. The molecular formula is C17H16N2. The maximum Gasteiger partial charge on any atom is 0.0672 e. The number of hydrogen-bond acceptors (Lipinski definition) is 2. The van der Waals surface area contributed by atoms with Gasteiger partial charge in [0.25, 0.3) is 0 Å². The van der Waals surface area contributed by atoms with Crippen molar-refractivity contribution in [2.24, 2.45) is 5.92 Å². The molecule has 0 amide bonds. The van der Waals surface area contributed by atoms with Crippen LogP contribution in [0, 0.1) is 17.2 Å². The van der Waals surface area contributed by atoms with Crippen molar-refractivity contribution in [3.8, 4) is 6.07 Å². The number of rotatable bonds is 4. The Labute approximate surface area is 113 Å². The zero-order chi connectivity index (χ0) is 13.1. The lowest BCUT2D eigenvalue weighted by atomic mass is 9.98. The molecule has 0 spiro atoms. The second-order valence-corrected chi connectivity index (χ2v) is 5.00. The molecule has 2 unspecified atom stereocenters. The van der Waals surface area contributed by atoms with Gasteiger partial charge in [-0.15, -0.1) is 0 Å². The molecule has 0 saturated heterocycles. The normalized spacial score (nSPS) is 21.1. The van der Waals surface area contributed by atoms with E-state index in [9.17, 15) is 0 Å². The SMILES string of the molecule is N#CC1CC1NC(c1ccccc1)c1ccccc1. The average molecular weight is 248 g/mol. The van der Waals surface area contributed by atoms with Gasteiger partial charge in [0.15, 0.2) is 0 Å². The van der Waals surface area contributed by atoms with Crippen LogP contribution >= 0.6 is 0 Å². The highest BCUT2D eigenvalue weighted by atomic mass is 15.0. The molecule has 1 N–H and O–H groups in total. The fourth-order valence-corrected chi connectivity index (χ4v) is 2.41. The minimum atomic E-state index is 0.172. The van der Waals surface area contributed by atoms with E-state index in [1.807, 2.05) is 12.1 Å². The zero-order valence-electron chi connectivity index (χ0n) is 10.7. The molecular weight excluding hydrogens is 232 g/mol. The Hall–Kier alpha value is -2.11. The molecule has 0 bridgehead atoms. The summed E-state index contributed by atoms with van der Waals surface area (Å²) in [5.74, 6) is 0.176. The van der Waals surface area contributed by atoms with Gasteiger partial charge >= 0.3 is 0 Å². The summed E-state index contributed by atoms with van der Waals surface area (Å²) in [6.45, 7) is 0. The van der Waals surface area contributed by atoms with Gasteiger partial charge in [-0.2, -0.15) is 5.26 Å². The molecule has 3 rings (SSSR count). The van der Waals surface area contributed by atoms with E-state index in [4.69, 9.17) is 5.26 Å². The standard InChI is InChI=1S/C17H16N2/c18-12-15-11-16(15)19-17(13-7-3-1-4-8-13)14-9-5-2-6-10-14/h1-10,15-17,19H,11H2. The van der Waals surface area contributed by atoms with Crippen LogP contribution in [0.2, 0.25) is 0 Å². The Morgan fingerprint density at radius 3 is 1.89 bits per heavy atom. The van der Waals surface area contributed by atoms with E-state index >= 15 is 0 Å². The van der Waals surface area contributed by atoms with Gasteiger partial charge in [0.05, 0.1) is 18.0 Å². The first-order chi connectivity index (χ1) is 9.38. The molecule has 0 radical (unpaired) electrons. The van der Waals surface area contributed by atoms with Crippen molar-refractivity contribution < 1.29 is 0 Å². The predicted octanol–water partition coefficient (Wildman–Crippen LogP) is 3.28. The van der Waals surface area contributed by atoms with E-state index in [0.29, 0.717) is 6.04 Å².